The molecule has 7 nitrogen and oxygen atoms in total. The van der Waals surface area contributed by atoms with Gasteiger partial charge in [0.1, 0.15) is 5.69 Å². The minimum absolute atomic E-state index is 0.0133. The number of fused-ring (bicyclic) bond motifs is 1. The van der Waals surface area contributed by atoms with Gasteiger partial charge < -0.3 is 4.42 Å². The van der Waals surface area contributed by atoms with Crippen LogP contribution in [0.3, 0.4) is 0 Å². The number of oxazole rings is 1. The number of hydrogen-bond donors (Lipinski definition) is 0. The molecule has 28 heavy (non-hydrogen) atoms. The van der Waals surface area contributed by atoms with Crippen molar-refractivity contribution >= 4 is 34.2 Å². The lowest BCUT2D eigenvalue weighted by Crippen LogP contribution is -2.14. The molecule has 0 amide bonds. The van der Waals surface area contributed by atoms with E-state index in [0.717, 1.165) is 10.6 Å². The van der Waals surface area contributed by atoms with Crippen LogP contribution in [0.1, 0.15) is 15.9 Å². The second-order valence-corrected chi connectivity index (χ2v) is 6.41. The van der Waals surface area contributed by atoms with Crippen molar-refractivity contribution in [3.05, 3.63) is 104 Å². The molecule has 0 saturated heterocycles. The first kappa shape index (κ1) is 17.7. The van der Waals surface area contributed by atoms with E-state index in [2.05, 4.69) is 0 Å². The van der Waals surface area contributed by atoms with Gasteiger partial charge in [0.2, 0.25) is 0 Å². The second-order valence-electron chi connectivity index (χ2n) is 5.97. The summed E-state index contributed by atoms with van der Waals surface area (Å²) < 4.78 is 6.22. The van der Waals surface area contributed by atoms with Gasteiger partial charge in [0.15, 0.2) is 11.4 Å². The Morgan fingerprint density at radius 2 is 1.75 bits per heavy atom. The Morgan fingerprint density at radius 1 is 1.00 bits per heavy atom. The average Bonchev–Trinajstić information content (AvgIpc) is 3.02. The highest BCUT2D eigenvalue weighted by molar-refractivity contribution is 6.31. The van der Waals surface area contributed by atoms with E-state index < -0.39 is 16.4 Å². The summed E-state index contributed by atoms with van der Waals surface area (Å²) in [7, 11) is 0. The standard InChI is InChI=1S/C20H11ClN2O5/c21-14-7-9-18-17(11-14)22(20(25)28-18)15-8-6-13(10-16(15)23(26)27)19(24)12-4-2-1-3-5-12/h1-11H. The van der Waals surface area contributed by atoms with E-state index in [-0.39, 0.29) is 22.6 Å². The lowest BCUT2D eigenvalue weighted by Gasteiger charge is -2.07. The van der Waals surface area contributed by atoms with Crippen LogP contribution in [0.25, 0.3) is 16.8 Å². The molecular formula is C20H11ClN2O5. The predicted molar refractivity (Wildman–Crippen MR) is 103 cm³/mol. The first-order valence-electron chi connectivity index (χ1n) is 8.15. The highest BCUT2D eigenvalue weighted by Crippen LogP contribution is 2.29. The van der Waals surface area contributed by atoms with Crippen LogP contribution in [-0.2, 0) is 0 Å². The highest BCUT2D eigenvalue weighted by Gasteiger charge is 2.23. The number of nitro benzene ring substituents is 1. The van der Waals surface area contributed by atoms with E-state index in [9.17, 15) is 19.7 Å². The quantitative estimate of drug-likeness (QED) is 0.291. The minimum atomic E-state index is -0.789. The maximum absolute atomic E-state index is 12.6. The maximum Gasteiger partial charge on any atom is 0.424 e. The van der Waals surface area contributed by atoms with Crippen LogP contribution in [-0.4, -0.2) is 15.3 Å². The van der Waals surface area contributed by atoms with Crippen LogP contribution in [0.15, 0.2) is 75.9 Å². The van der Waals surface area contributed by atoms with Gasteiger partial charge in [-0.1, -0.05) is 41.9 Å². The molecule has 0 N–H and O–H groups in total. The maximum atomic E-state index is 12.6. The van der Waals surface area contributed by atoms with Crippen LogP contribution in [0.5, 0.6) is 0 Å². The summed E-state index contributed by atoms with van der Waals surface area (Å²) >= 11 is 5.99. The van der Waals surface area contributed by atoms with Gasteiger partial charge in [-0.25, -0.2) is 9.36 Å². The van der Waals surface area contributed by atoms with Crippen molar-refractivity contribution in [1.29, 1.82) is 0 Å². The Kier molecular flexibility index (Phi) is 4.29. The van der Waals surface area contributed by atoms with E-state index >= 15 is 0 Å². The number of carbonyl (C=O) groups excluding carboxylic acids is 1. The molecule has 1 aromatic heterocycles. The molecule has 0 atom stereocenters. The van der Waals surface area contributed by atoms with Gasteiger partial charge >= 0.3 is 5.76 Å². The zero-order valence-corrected chi connectivity index (χ0v) is 14.9. The predicted octanol–water partition coefficient (Wildman–Crippen LogP) is 4.38. The van der Waals surface area contributed by atoms with E-state index in [1.54, 1.807) is 36.4 Å². The van der Waals surface area contributed by atoms with E-state index in [0.29, 0.717) is 16.1 Å². The van der Waals surface area contributed by atoms with Crippen molar-refractivity contribution in [2.75, 3.05) is 0 Å². The topological polar surface area (TPSA) is 95.3 Å². The molecule has 0 aliphatic heterocycles. The lowest BCUT2D eigenvalue weighted by atomic mass is 10.0. The molecule has 0 bridgehead atoms. The van der Waals surface area contributed by atoms with Crippen LogP contribution < -0.4 is 5.76 Å². The normalized spacial score (nSPS) is 10.9. The van der Waals surface area contributed by atoms with Gasteiger partial charge in [0, 0.05) is 22.2 Å². The third-order valence-corrected chi connectivity index (χ3v) is 4.49. The molecule has 0 unspecified atom stereocenters. The van der Waals surface area contributed by atoms with Gasteiger partial charge in [-0.2, -0.15) is 0 Å². The smallest absolute Gasteiger partial charge is 0.407 e. The minimum Gasteiger partial charge on any atom is -0.407 e. The second kappa shape index (κ2) is 6.79. The third kappa shape index (κ3) is 2.97. The number of ketones is 1. The Bertz CT molecular complexity index is 1290. The first-order chi connectivity index (χ1) is 13.5. The fourth-order valence-electron chi connectivity index (χ4n) is 2.97. The molecule has 0 spiro atoms. The largest absolute Gasteiger partial charge is 0.424 e. The van der Waals surface area contributed by atoms with Gasteiger partial charge in [0.05, 0.1) is 10.4 Å². The van der Waals surface area contributed by atoms with E-state index in [1.165, 1.54) is 24.3 Å². The first-order valence-corrected chi connectivity index (χ1v) is 8.53. The molecule has 4 rings (SSSR count). The molecule has 138 valence electrons. The summed E-state index contributed by atoms with van der Waals surface area (Å²) in [6, 6.07) is 16.9. The molecule has 1 heterocycles. The third-order valence-electron chi connectivity index (χ3n) is 4.25. The molecule has 0 saturated carbocycles. The number of nitrogens with zero attached hydrogens (tertiary/aromatic N) is 2. The summed E-state index contributed by atoms with van der Waals surface area (Å²) in [6.45, 7) is 0. The van der Waals surface area contributed by atoms with Gasteiger partial charge in [-0.15, -0.1) is 0 Å². The van der Waals surface area contributed by atoms with Crippen LogP contribution in [0.2, 0.25) is 5.02 Å². The van der Waals surface area contributed by atoms with E-state index in [4.69, 9.17) is 16.0 Å². The molecule has 4 aromatic rings. The van der Waals surface area contributed by atoms with Crippen molar-refractivity contribution in [2.45, 2.75) is 0 Å². The molecule has 0 fully saturated rings. The molecule has 8 heteroatoms. The fraction of sp³-hybridized carbons (Fsp3) is 0. The van der Waals surface area contributed by atoms with Gasteiger partial charge in [0.25, 0.3) is 5.69 Å². The van der Waals surface area contributed by atoms with Crippen LogP contribution in [0.4, 0.5) is 5.69 Å². The highest BCUT2D eigenvalue weighted by atomic mass is 35.5. The zero-order valence-electron chi connectivity index (χ0n) is 14.2. The Labute approximate surface area is 162 Å². The van der Waals surface area contributed by atoms with Crippen molar-refractivity contribution in [1.82, 2.24) is 4.57 Å². The number of benzene rings is 3. The van der Waals surface area contributed by atoms with Crippen molar-refractivity contribution in [2.24, 2.45) is 0 Å². The monoisotopic (exact) mass is 394 g/mol. The summed E-state index contributed by atoms with van der Waals surface area (Å²) in [4.78, 5) is 36.0. The Morgan fingerprint density at radius 3 is 2.46 bits per heavy atom. The summed E-state index contributed by atoms with van der Waals surface area (Å²) in [5.41, 5.74) is 0.672. The molecule has 0 aliphatic carbocycles. The fourth-order valence-corrected chi connectivity index (χ4v) is 3.14. The Balaban J connectivity index is 1.91. The van der Waals surface area contributed by atoms with Gasteiger partial charge in [-0.05, 0) is 30.3 Å². The average molecular weight is 395 g/mol. The molecule has 0 radical (unpaired) electrons. The molecule has 0 aliphatic rings. The van der Waals surface area contributed by atoms with Gasteiger partial charge in [-0.3, -0.25) is 14.9 Å². The van der Waals surface area contributed by atoms with Crippen molar-refractivity contribution in [3.8, 4) is 5.69 Å². The molecule has 3 aromatic carbocycles. The van der Waals surface area contributed by atoms with Crippen LogP contribution in [0, 0.1) is 10.1 Å². The van der Waals surface area contributed by atoms with Crippen LogP contribution >= 0.6 is 11.6 Å². The van der Waals surface area contributed by atoms with E-state index in [1.807, 2.05) is 0 Å². The summed E-state index contributed by atoms with van der Waals surface area (Å²) in [6.07, 6.45) is 0. The van der Waals surface area contributed by atoms with Crippen molar-refractivity contribution in [3.63, 3.8) is 0 Å². The number of carbonyl (C=O) groups is 1. The number of rotatable bonds is 4. The summed E-state index contributed by atoms with van der Waals surface area (Å²) in [5.74, 6) is -1.15. The number of aromatic nitrogens is 1. The SMILES string of the molecule is O=C(c1ccccc1)c1ccc(-n2c(=O)oc3ccc(Cl)cc32)c([N+](=O)[O-])c1. The van der Waals surface area contributed by atoms with Crippen molar-refractivity contribution < 1.29 is 14.1 Å². The molecular weight excluding hydrogens is 384 g/mol. The zero-order chi connectivity index (χ0) is 19.8. The lowest BCUT2D eigenvalue weighted by molar-refractivity contribution is -0.384. The Hall–Kier alpha value is -3.71. The number of halogens is 1. The number of hydrogen-bond acceptors (Lipinski definition) is 5. The number of nitro groups is 1. The summed E-state index contributed by atoms with van der Waals surface area (Å²) in [5, 5.41) is 12.0.